The highest BCUT2D eigenvalue weighted by Gasteiger charge is 2.20. The molecule has 1 aliphatic heterocycles. The van der Waals surface area contributed by atoms with Crippen molar-refractivity contribution in [2.75, 3.05) is 31.6 Å². The molecule has 0 spiro atoms. The van der Waals surface area contributed by atoms with Gasteiger partial charge in [0.2, 0.25) is 0 Å². The first-order valence-electron chi connectivity index (χ1n) is 8.89. The molecule has 0 saturated carbocycles. The molecule has 0 unspecified atom stereocenters. The Labute approximate surface area is 167 Å². The minimum Gasteiger partial charge on any atom is -0.370 e. The fourth-order valence-electron chi connectivity index (χ4n) is 2.99. The maximum Gasteiger partial charge on any atom is 0.282 e. The van der Waals surface area contributed by atoms with Gasteiger partial charge in [-0.2, -0.15) is 0 Å². The molecule has 1 amide bonds. The van der Waals surface area contributed by atoms with Crippen molar-refractivity contribution in [1.82, 2.24) is 5.32 Å². The van der Waals surface area contributed by atoms with Gasteiger partial charge in [-0.15, -0.1) is 0 Å². The van der Waals surface area contributed by atoms with Crippen LogP contribution in [0.4, 0.5) is 11.4 Å². The molecule has 2 aromatic rings. The number of nitro groups is 1. The summed E-state index contributed by atoms with van der Waals surface area (Å²) in [6, 6.07) is 13.5. The van der Waals surface area contributed by atoms with Gasteiger partial charge in [0.05, 0.1) is 18.1 Å². The highest BCUT2D eigenvalue weighted by molar-refractivity contribution is 7.80. The number of carbonyl (C=O) groups excluding carboxylic acids is 1. The molecule has 1 saturated heterocycles. The Morgan fingerprint density at radius 3 is 2.50 bits per heavy atom. The first kappa shape index (κ1) is 19.9. The van der Waals surface area contributed by atoms with Crippen molar-refractivity contribution in [2.45, 2.75) is 6.54 Å². The number of thiocarbonyl (C=S) groups is 1. The maximum absolute atomic E-state index is 12.3. The number of benzene rings is 2. The van der Waals surface area contributed by atoms with Gasteiger partial charge in [-0.1, -0.05) is 24.3 Å². The van der Waals surface area contributed by atoms with Gasteiger partial charge >= 0.3 is 0 Å². The molecule has 9 heteroatoms. The Kier molecular flexibility index (Phi) is 6.64. The molecule has 2 aromatic carbocycles. The van der Waals surface area contributed by atoms with Crippen LogP contribution in [0.3, 0.4) is 0 Å². The number of quaternary nitrogens is 1. The standard InChI is InChI=1S/C19H20N4O4S/c24-18(16-3-1-2-4-17(16)23(25)26)21-19(28)20-15-7-5-14(6-8-15)13-22-9-11-27-12-10-22/h1-8H,9-13H2,(H2,20,21,24,28)/p+1. The number of amides is 1. The number of hydrogen-bond acceptors (Lipinski definition) is 5. The highest BCUT2D eigenvalue weighted by atomic mass is 32.1. The molecule has 28 heavy (non-hydrogen) atoms. The van der Waals surface area contributed by atoms with E-state index in [9.17, 15) is 14.9 Å². The number of nitrogens with one attached hydrogen (secondary N) is 3. The zero-order chi connectivity index (χ0) is 19.9. The summed E-state index contributed by atoms with van der Waals surface area (Å²) in [4.78, 5) is 24.2. The number of hydrogen-bond donors (Lipinski definition) is 3. The lowest BCUT2D eigenvalue weighted by atomic mass is 10.1. The van der Waals surface area contributed by atoms with E-state index in [1.807, 2.05) is 24.3 Å². The lowest BCUT2D eigenvalue weighted by Gasteiger charge is -2.23. The summed E-state index contributed by atoms with van der Waals surface area (Å²) in [5.74, 6) is -0.627. The number of morpholine rings is 1. The van der Waals surface area contributed by atoms with Crippen LogP contribution in [0.1, 0.15) is 15.9 Å². The van der Waals surface area contributed by atoms with Crippen LogP contribution in [0.5, 0.6) is 0 Å². The molecule has 3 N–H and O–H groups in total. The number of anilines is 1. The molecule has 8 nitrogen and oxygen atoms in total. The van der Waals surface area contributed by atoms with Crippen molar-refractivity contribution in [3.63, 3.8) is 0 Å². The first-order valence-corrected chi connectivity index (χ1v) is 9.30. The molecule has 0 atom stereocenters. The number of carbonyl (C=O) groups is 1. The highest BCUT2D eigenvalue weighted by Crippen LogP contribution is 2.17. The molecule has 146 valence electrons. The number of ether oxygens (including phenoxy) is 1. The third-order valence-electron chi connectivity index (χ3n) is 4.44. The lowest BCUT2D eigenvalue weighted by Crippen LogP contribution is -3.12. The molecule has 0 bridgehead atoms. The summed E-state index contributed by atoms with van der Waals surface area (Å²) in [5.41, 5.74) is 1.63. The summed E-state index contributed by atoms with van der Waals surface area (Å²) < 4.78 is 5.37. The zero-order valence-corrected chi connectivity index (χ0v) is 16.0. The van der Waals surface area contributed by atoms with E-state index in [2.05, 4.69) is 10.6 Å². The van der Waals surface area contributed by atoms with Gasteiger partial charge in [-0.3, -0.25) is 20.2 Å². The van der Waals surface area contributed by atoms with Crippen molar-refractivity contribution in [3.05, 3.63) is 69.8 Å². The van der Waals surface area contributed by atoms with E-state index >= 15 is 0 Å². The van der Waals surface area contributed by atoms with E-state index in [0.29, 0.717) is 0 Å². The predicted octanol–water partition coefficient (Wildman–Crippen LogP) is 1.14. The molecule has 1 fully saturated rings. The Balaban J connectivity index is 1.56. The van der Waals surface area contributed by atoms with Crippen LogP contribution in [0.15, 0.2) is 48.5 Å². The van der Waals surface area contributed by atoms with Crippen LogP contribution < -0.4 is 15.5 Å². The van der Waals surface area contributed by atoms with Gasteiger partial charge in [0.15, 0.2) is 5.11 Å². The molecule has 0 aliphatic carbocycles. The monoisotopic (exact) mass is 401 g/mol. The van der Waals surface area contributed by atoms with E-state index in [1.54, 1.807) is 6.07 Å². The smallest absolute Gasteiger partial charge is 0.282 e. The van der Waals surface area contributed by atoms with Crippen molar-refractivity contribution in [1.29, 1.82) is 0 Å². The van der Waals surface area contributed by atoms with Crippen LogP contribution in [0.2, 0.25) is 0 Å². The van der Waals surface area contributed by atoms with E-state index < -0.39 is 10.8 Å². The quantitative estimate of drug-likeness (QED) is 0.395. The van der Waals surface area contributed by atoms with Gasteiger partial charge < -0.3 is 15.0 Å². The summed E-state index contributed by atoms with van der Waals surface area (Å²) in [6.45, 7) is 4.52. The number of nitrogens with zero attached hydrogens (tertiary/aromatic N) is 1. The molecule has 0 aromatic heterocycles. The maximum atomic E-state index is 12.3. The molecule has 0 radical (unpaired) electrons. The second-order valence-electron chi connectivity index (χ2n) is 6.42. The zero-order valence-electron chi connectivity index (χ0n) is 15.1. The van der Waals surface area contributed by atoms with E-state index in [1.165, 1.54) is 28.7 Å². The Morgan fingerprint density at radius 1 is 1.14 bits per heavy atom. The average molecular weight is 401 g/mol. The van der Waals surface area contributed by atoms with Gasteiger partial charge in [0.1, 0.15) is 25.2 Å². The summed E-state index contributed by atoms with van der Waals surface area (Å²) in [7, 11) is 0. The Hall–Kier alpha value is -2.88. The van der Waals surface area contributed by atoms with Crippen LogP contribution in [0, 0.1) is 10.1 Å². The summed E-state index contributed by atoms with van der Waals surface area (Å²) >= 11 is 5.15. The van der Waals surface area contributed by atoms with Crippen LogP contribution in [0.25, 0.3) is 0 Å². The minimum absolute atomic E-state index is 0.0412. The predicted molar refractivity (Wildman–Crippen MR) is 108 cm³/mol. The number of nitro benzene ring substituents is 1. The second kappa shape index (κ2) is 9.36. The third-order valence-corrected chi connectivity index (χ3v) is 4.64. The third kappa shape index (κ3) is 5.32. The first-order chi connectivity index (χ1) is 13.5. The van der Waals surface area contributed by atoms with Crippen LogP contribution in [-0.4, -0.2) is 42.2 Å². The molecular formula is C19H21N4O4S+. The molecular weight excluding hydrogens is 380 g/mol. The number of para-hydroxylation sites is 1. The Bertz CT molecular complexity index is 866. The van der Waals surface area contributed by atoms with Gasteiger partial charge in [-0.25, -0.2) is 0 Å². The van der Waals surface area contributed by atoms with Crippen molar-refractivity contribution in [3.8, 4) is 0 Å². The van der Waals surface area contributed by atoms with E-state index in [4.69, 9.17) is 17.0 Å². The second-order valence-corrected chi connectivity index (χ2v) is 6.83. The average Bonchev–Trinajstić information content (AvgIpc) is 2.70. The van der Waals surface area contributed by atoms with Gasteiger partial charge in [-0.05, 0) is 30.4 Å². The molecule has 3 rings (SSSR count). The Morgan fingerprint density at radius 2 is 1.82 bits per heavy atom. The SMILES string of the molecule is O=C(NC(=S)Nc1ccc(C[NH+]2CCOCC2)cc1)c1ccccc1[N+](=O)[O-]. The van der Waals surface area contributed by atoms with Gasteiger partial charge in [0, 0.05) is 17.3 Å². The fourth-order valence-corrected chi connectivity index (χ4v) is 3.20. The van der Waals surface area contributed by atoms with Crippen molar-refractivity contribution >= 4 is 34.6 Å². The number of rotatable bonds is 5. The lowest BCUT2D eigenvalue weighted by molar-refractivity contribution is -0.921. The van der Waals surface area contributed by atoms with Gasteiger partial charge in [0.25, 0.3) is 11.6 Å². The molecule has 1 heterocycles. The van der Waals surface area contributed by atoms with E-state index in [-0.39, 0.29) is 16.4 Å². The van der Waals surface area contributed by atoms with Crippen molar-refractivity contribution < 1.29 is 19.4 Å². The summed E-state index contributed by atoms with van der Waals surface area (Å²) in [6.07, 6.45) is 0. The van der Waals surface area contributed by atoms with E-state index in [0.717, 1.165) is 38.5 Å². The fraction of sp³-hybridized carbons (Fsp3) is 0.263. The molecule has 1 aliphatic rings. The van der Waals surface area contributed by atoms with Crippen LogP contribution in [-0.2, 0) is 11.3 Å². The normalized spacial score (nSPS) is 14.3. The largest absolute Gasteiger partial charge is 0.370 e. The summed E-state index contributed by atoms with van der Waals surface area (Å²) in [5, 5.41) is 16.5. The minimum atomic E-state index is -0.627. The van der Waals surface area contributed by atoms with Crippen molar-refractivity contribution in [2.24, 2.45) is 0 Å². The topological polar surface area (TPSA) is 97.9 Å². The van der Waals surface area contributed by atoms with Crippen LogP contribution >= 0.6 is 12.2 Å².